The van der Waals surface area contributed by atoms with E-state index in [1.54, 1.807) is 24.9 Å². The number of nitrogens with one attached hydrogen (secondary N) is 1. The van der Waals surface area contributed by atoms with E-state index in [9.17, 15) is 14.4 Å². The SMILES string of the molecule is CCn1c(=O)[nH]c(=O)c2c(C(=O)N(C)Cc3ccc(N4CCOCC4)cc3)cc(C(C)C)nc21. The third-order valence-corrected chi connectivity index (χ3v) is 6.19. The molecule has 0 unspecified atom stereocenters. The summed E-state index contributed by atoms with van der Waals surface area (Å²) in [6.45, 7) is 9.62. The predicted octanol–water partition coefficient (Wildman–Crippen LogP) is 2.34. The van der Waals surface area contributed by atoms with Gasteiger partial charge in [0, 0.05) is 44.6 Å². The molecule has 4 rings (SSSR count). The average Bonchev–Trinajstić information content (AvgIpc) is 2.84. The fraction of sp³-hybridized carbons (Fsp3) is 0.440. The largest absolute Gasteiger partial charge is 0.378 e. The van der Waals surface area contributed by atoms with Crippen molar-refractivity contribution in [1.29, 1.82) is 0 Å². The zero-order chi connectivity index (χ0) is 24.4. The summed E-state index contributed by atoms with van der Waals surface area (Å²) in [4.78, 5) is 49.4. The number of H-pyrrole nitrogens is 1. The molecule has 1 amide bonds. The number of benzene rings is 1. The highest BCUT2D eigenvalue weighted by molar-refractivity contribution is 6.05. The second-order valence-electron chi connectivity index (χ2n) is 8.88. The lowest BCUT2D eigenvalue weighted by atomic mass is 10.0. The number of hydrogen-bond donors (Lipinski definition) is 1. The van der Waals surface area contributed by atoms with Gasteiger partial charge in [-0.15, -0.1) is 0 Å². The predicted molar refractivity (Wildman–Crippen MR) is 132 cm³/mol. The molecule has 1 aliphatic heterocycles. The van der Waals surface area contributed by atoms with Gasteiger partial charge in [-0.2, -0.15) is 0 Å². The fourth-order valence-electron chi connectivity index (χ4n) is 4.24. The number of morpholine rings is 1. The van der Waals surface area contributed by atoms with Gasteiger partial charge in [0.25, 0.3) is 11.5 Å². The maximum absolute atomic E-state index is 13.5. The maximum atomic E-state index is 13.5. The van der Waals surface area contributed by atoms with Gasteiger partial charge < -0.3 is 14.5 Å². The topological polar surface area (TPSA) is 101 Å². The Labute approximate surface area is 198 Å². The first-order valence-corrected chi connectivity index (χ1v) is 11.6. The van der Waals surface area contributed by atoms with Gasteiger partial charge in [0.2, 0.25) is 0 Å². The first-order chi connectivity index (χ1) is 16.3. The molecule has 0 spiro atoms. The monoisotopic (exact) mass is 465 g/mol. The summed E-state index contributed by atoms with van der Waals surface area (Å²) in [6.07, 6.45) is 0. The van der Waals surface area contributed by atoms with E-state index in [0.717, 1.165) is 37.6 Å². The van der Waals surface area contributed by atoms with E-state index in [1.807, 2.05) is 26.0 Å². The molecule has 3 heterocycles. The average molecular weight is 466 g/mol. The third-order valence-electron chi connectivity index (χ3n) is 6.19. The standard InChI is InChI=1S/C25H31N5O4/c1-5-30-22-21(23(31)27-25(30)33)19(14-20(26-22)16(2)3)24(32)28(4)15-17-6-8-18(9-7-17)29-10-12-34-13-11-29/h6-9,14,16H,5,10-13,15H2,1-4H3,(H,27,31,33). The van der Waals surface area contributed by atoms with Crippen LogP contribution in [0.3, 0.4) is 0 Å². The quantitative estimate of drug-likeness (QED) is 0.600. The molecule has 0 atom stereocenters. The van der Waals surface area contributed by atoms with E-state index in [1.165, 1.54) is 4.57 Å². The lowest BCUT2D eigenvalue weighted by molar-refractivity contribution is 0.0786. The van der Waals surface area contributed by atoms with E-state index < -0.39 is 11.2 Å². The van der Waals surface area contributed by atoms with Gasteiger partial charge in [0.15, 0.2) is 5.65 Å². The molecule has 9 nitrogen and oxygen atoms in total. The molecule has 1 aliphatic rings. The number of hydrogen-bond acceptors (Lipinski definition) is 6. The van der Waals surface area contributed by atoms with Gasteiger partial charge in [-0.25, -0.2) is 9.78 Å². The van der Waals surface area contributed by atoms with Crippen LogP contribution in [0.5, 0.6) is 0 Å². The second-order valence-corrected chi connectivity index (χ2v) is 8.88. The van der Waals surface area contributed by atoms with Crippen LogP contribution in [0, 0.1) is 0 Å². The van der Waals surface area contributed by atoms with Crippen LogP contribution in [0.25, 0.3) is 11.0 Å². The zero-order valence-corrected chi connectivity index (χ0v) is 20.1. The van der Waals surface area contributed by atoms with E-state index in [-0.39, 0.29) is 28.4 Å². The highest BCUT2D eigenvalue weighted by Gasteiger charge is 2.22. The maximum Gasteiger partial charge on any atom is 0.329 e. The summed E-state index contributed by atoms with van der Waals surface area (Å²) in [5.41, 5.74) is 2.14. The Bertz CT molecular complexity index is 1300. The smallest absolute Gasteiger partial charge is 0.329 e. The van der Waals surface area contributed by atoms with Gasteiger partial charge in [0.05, 0.1) is 24.2 Å². The number of carbonyl (C=O) groups is 1. The Morgan fingerprint density at radius 2 is 1.85 bits per heavy atom. The minimum absolute atomic E-state index is 0.0219. The molecule has 1 fully saturated rings. The molecule has 9 heteroatoms. The number of aryl methyl sites for hydroxylation is 1. The van der Waals surface area contributed by atoms with E-state index in [0.29, 0.717) is 18.8 Å². The minimum atomic E-state index is -0.598. The first kappa shape index (κ1) is 23.7. The number of rotatable bonds is 6. The highest BCUT2D eigenvalue weighted by atomic mass is 16.5. The van der Waals surface area contributed by atoms with Gasteiger partial charge in [-0.1, -0.05) is 26.0 Å². The number of carbonyl (C=O) groups excluding carboxylic acids is 1. The van der Waals surface area contributed by atoms with Crippen LogP contribution in [0.1, 0.15) is 48.3 Å². The Balaban J connectivity index is 1.66. The summed E-state index contributed by atoms with van der Waals surface area (Å²) in [7, 11) is 1.71. The van der Waals surface area contributed by atoms with Crippen molar-refractivity contribution in [3.8, 4) is 0 Å². The van der Waals surface area contributed by atoms with Crippen LogP contribution in [0.4, 0.5) is 5.69 Å². The van der Waals surface area contributed by atoms with Crippen molar-refractivity contribution < 1.29 is 9.53 Å². The Kier molecular flexibility index (Phi) is 6.83. The van der Waals surface area contributed by atoms with E-state index >= 15 is 0 Å². The van der Waals surface area contributed by atoms with Gasteiger partial charge >= 0.3 is 5.69 Å². The van der Waals surface area contributed by atoms with Gasteiger partial charge in [-0.3, -0.25) is 19.1 Å². The van der Waals surface area contributed by atoms with Crippen molar-refractivity contribution in [3.05, 3.63) is 68.0 Å². The number of pyridine rings is 1. The van der Waals surface area contributed by atoms with Gasteiger partial charge in [-0.05, 0) is 36.6 Å². The molecule has 0 radical (unpaired) electrons. The molecule has 3 aromatic rings. The molecule has 180 valence electrons. The van der Waals surface area contributed by atoms with Crippen molar-refractivity contribution in [2.24, 2.45) is 0 Å². The number of nitrogens with zero attached hydrogens (tertiary/aromatic N) is 4. The number of aromatic amines is 1. The Morgan fingerprint density at radius 3 is 2.47 bits per heavy atom. The van der Waals surface area contributed by atoms with E-state index in [4.69, 9.17) is 4.74 Å². The van der Waals surface area contributed by atoms with Crippen molar-refractivity contribution >= 4 is 22.6 Å². The van der Waals surface area contributed by atoms with Crippen molar-refractivity contribution in [2.75, 3.05) is 38.3 Å². The number of aromatic nitrogens is 3. The lowest BCUT2D eigenvalue weighted by Gasteiger charge is -2.29. The molecule has 1 aromatic carbocycles. The first-order valence-electron chi connectivity index (χ1n) is 11.6. The molecular formula is C25H31N5O4. The molecule has 1 N–H and O–H groups in total. The molecular weight excluding hydrogens is 434 g/mol. The van der Waals surface area contributed by atoms with Crippen LogP contribution in [-0.4, -0.2) is 58.7 Å². The fourth-order valence-corrected chi connectivity index (χ4v) is 4.24. The number of ether oxygens (including phenoxy) is 1. The normalized spacial score (nSPS) is 14.1. The van der Waals surface area contributed by atoms with Crippen LogP contribution in [0.2, 0.25) is 0 Å². The van der Waals surface area contributed by atoms with Crippen molar-refractivity contribution in [2.45, 2.75) is 39.8 Å². The molecule has 34 heavy (non-hydrogen) atoms. The highest BCUT2D eigenvalue weighted by Crippen LogP contribution is 2.22. The van der Waals surface area contributed by atoms with Crippen LogP contribution in [0.15, 0.2) is 39.9 Å². The van der Waals surface area contributed by atoms with Crippen LogP contribution in [-0.2, 0) is 17.8 Å². The van der Waals surface area contributed by atoms with Crippen LogP contribution < -0.4 is 16.1 Å². The number of fused-ring (bicyclic) bond motifs is 1. The molecule has 2 aromatic heterocycles. The molecule has 0 aliphatic carbocycles. The lowest BCUT2D eigenvalue weighted by Crippen LogP contribution is -2.36. The minimum Gasteiger partial charge on any atom is -0.378 e. The summed E-state index contributed by atoms with van der Waals surface area (Å²) >= 11 is 0. The molecule has 1 saturated heterocycles. The Morgan fingerprint density at radius 1 is 1.18 bits per heavy atom. The zero-order valence-electron chi connectivity index (χ0n) is 20.1. The number of amides is 1. The summed E-state index contributed by atoms with van der Waals surface area (Å²) in [6, 6.07) is 9.82. The summed E-state index contributed by atoms with van der Waals surface area (Å²) < 4.78 is 6.81. The van der Waals surface area contributed by atoms with E-state index in [2.05, 4.69) is 27.0 Å². The van der Waals surface area contributed by atoms with Crippen molar-refractivity contribution in [1.82, 2.24) is 19.4 Å². The summed E-state index contributed by atoms with van der Waals surface area (Å²) in [5.74, 6) is -0.271. The molecule has 0 saturated carbocycles. The third kappa shape index (κ3) is 4.61. The van der Waals surface area contributed by atoms with Gasteiger partial charge in [0.1, 0.15) is 0 Å². The molecule has 0 bridgehead atoms. The number of anilines is 1. The van der Waals surface area contributed by atoms with Crippen LogP contribution >= 0.6 is 0 Å². The Hall–Kier alpha value is -3.46. The van der Waals surface area contributed by atoms with Crippen molar-refractivity contribution in [3.63, 3.8) is 0 Å². The second kappa shape index (κ2) is 9.80. The summed E-state index contributed by atoms with van der Waals surface area (Å²) in [5, 5.41) is 0.144.